The number of nitrogens with zero attached hydrogens (tertiary/aromatic N) is 1. The lowest BCUT2D eigenvalue weighted by Gasteiger charge is -2.14. The second-order valence-corrected chi connectivity index (χ2v) is 7.41. The fourth-order valence-electron chi connectivity index (χ4n) is 3.65. The van der Waals surface area contributed by atoms with Crippen molar-refractivity contribution >= 4 is 22.4 Å². The molecule has 0 fully saturated rings. The lowest BCUT2D eigenvalue weighted by molar-refractivity contribution is -0.118. The van der Waals surface area contributed by atoms with E-state index < -0.39 is 5.56 Å². The zero-order chi connectivity index (χ0) is 23.4. The molecule has 0 spiro atoms. The van der Waals surface area contributed by atoms with Gasteiger partial charge in [0.2, 0.25) is 0 Å². The van der Waals surface area contributed by atoms with Crippen molar-refractivity contribution in [3.05, 3.63) is 88.3 Å². The number of nitrogens with one attached hydrogen (secondary N) is 2. The van der Waals surface area contributed by atoms with E-state index in [1.165, 1.54) is 7.11 Å². The molecule has 1 amide bonds. The Kier molecular flexibility index (Phi) is 6.09. The highest BCUT2D eigenvalue weighted by atomic mass is 16.5. The third kappa shape index (κ3) is 4.55. The maximum Gasteiger partial charge on any atom is 0.266 e. The molecule has 3 aromatic carbocycles. The van der Waals surface area contributed by atoms with E-state index in [0.717, 1.165) is 10.8 Å². The van der Waals surface area contributed by atoms with Gasteiger partial charge in [0.25, 0.3) is 11.5 Å². The molecule has 0 atom stereocenters. The number of hydrogen-bond donors (Lipinski definition) is 2. The number of hydrogen-bond acceptors (Lipinski definition) is 5. The van der Waals surface area contributed by atoms with Crippen LogP contribution in [0.4, 0.5) is 5.69 Å². The van der Waals surface area contributed by atoms with Crippen LogP contribution in [0.15, 0.2) is 71.5 Å². The van der Waals surface area contributed by atoms with Gasteiger partial charge < -0.3 is 19.8 Å². The van der Waals surface area contributed by atoms with E-state index >= 15 is 0 Å². The van der Waals surface area contributed by atoms with Crippen LogP contribution in [0.2, 0.25) is 0 Å². The van der Waals surface area contributed by atoms with Crippen LogP contribution >= 0.6 is 0 Å². The lowest BCUT2D eigenvalue weighted by Crippen LogP contribution is -2.20. The van der Waals surface area contributed by atoms with Gasteiger partial charge in [-0.05, 0) is 42.1 Å². The fourth-order valence-corrected chi connectivity index (χ4v) is 3.65. The summed E-state index contributed by atoms with van der Waals surface area (Å²) in [6, 6.07) is 22.2. The van der Waals surface area contributed by atoms with E-state index in [1.807, 2.05) is 48.5 Å². The van der Waals surface area contributed by atoms with Gasteiger partial charge in [0.15, 0.2) is 18.1 Å². The molecule has 0 aliphatic rings. The van der Waals surface area contributed by atoms with Crippen molar-refractivity contribution in [1.82, 2.24) is 4.98 Å². The van der Waals surface area contributed by atoms with Crippen LogP contribution in [0.3, 0.4) is 0 Å². The quantitative estimate of drug-likeness (QED) is 0.463. The van der Waals surface area contributed by atoms with Crippen LogP contribution in [-0.2, 0) is 4.79 Å². The molecule has 0 radical (unpaired) electrons. The largest absolute Gasteiger partial charge is 0.493 e. The number of rotatable bonds is 6. The van der Waals surface area contributed by atoms with Gasteiger partial charge in [0.1, 0.15) is 11.6 Å². The van der Waals surface area contributed by atoms with Crippen molar-refractivity contribution in [3.63, 3.8) is 0 Å². The van der Waals surface area contributed by atoms with Crippen molar-refractivity contribution in [3.8, 4) is 28.7 Å². The number of benzene rings is 3. The molecule has 0 saturated heterocycles. The van der Waals surface area contributed by atoms with Crippen molar-refractivity contribution in [2.24, 2.45) is 0 Å². The first kappa shape index (κ1) is 21.7. The molecular weight excluding hydrogens is 418 g/mol. The summed E-state index contributed by atoms with van der Waals surface area (Å²) >= 11 is 0. The number of carbonyl (C=O) groups is 1. The zero-order valence-corrected chi connectivity index (χ0v) is 18.1. The minimum absolute atomic E-state index is 0.0192. The van der Waals surface area contributed by atoms with Crippen molar-refractivity contribution in [1.29, 1.82) is 5.26 Å². The number of anilines is 1. The number of H-pyrrole nitrogens is 1. The summed E-state index contributed by atoms with van der Waals surface area (Å²) in [5.41, 5.74) is 2.04. The van der Waals surface area contributed by atoms with Crippen LogP contribution in [0.5, 0.6) is 11.5 Å². The lowest BCUT2D eigenvalue weighted by atomic mass is 10.0. The number of carbonyl (C=O) groups excluding carboxylic acids is 1. The number of ether oxygens (including phenoxy) is 2. The highest BCUT2D eigenvalue weighted by molar-refractivity contribution is 6.02. The highest BCUT2D eigenvalue weighted by Gasteiger charge is 2.14. The third-order valence-corrected chi connectivity index (χ3v) is 5.18. The van der Waals surface area contributed by atoms with E-state index in [4.69, 9.17) is 9.47 Å². The zero-order valence-electron chi connectivity index (χ0n) is 18.1. The molecule has 0 aliphatic carbocycles. The van der Waals surface area contributed by atoms with E-state index in [1.54, 1.807) is 31.2 Å². The summed E-state index contributed by atoms with van der Waals surface area (Å²) in [6.45, 7) is 1.53. The van der Waals surface area contributed by atoms with Gasteiger partial charge in [-0.2, -0.15) is 5.26 Å². The molecule has 33 heavy (non-hydrogen) atoms. The van der Waals surface area contributed by atoms with Crippen LogP contribution in [0.25, 0.3) is 21.9 Å². The van der Waals surface area contributed by atoms with Crippen LogP contribution < -0.4 is 20.3 Å². The Bertz CT molecular complexity index is 1450. The van der Waals surface area contributed by atoms with Crippen molar-refractivity contribution in [2.75, 3.05) is 19.0 Å². The monoisotopic (exact) mass is 439 g/mol. The Morgan fingerprint density at radius 1 is 1.06 bits per heavy atom. The average Bonchev–Trinajstić information content (AvgIpc) is 2.82. The number of aromatic amines is 1. The number of aryl methyl sites for hydroxylation is 1. The van der Waals surface area contributed by atoms with E-state index in [9.17, 15) is 14.9 Å². The Morgan fingerprint density at radius 2 is 1.85 bits per heavy atom. The number of methoxy groups -OCH3 is 1. The topological polar surface area (TPSA) is 104 Å². The normalized spacial score (nSPS) is 10.5. The predicted octanol–water partition coefficient (Wildman–Crippen LogP) is 4.40. The van der Waals surface area contributed by atoms with Gasteiger partial charge >= 0.3 is 0 Å². The molecule has 0 bridgehead atoms. The first-order valence-electron chi connectivity index (χ1n) is 10.2. The fraction of sp³-hybridized carbons (Fsp3) is 0.115. The average molecular weight is 439 g/mol. The minimum Gasteiger partial charge on any atom is -0.493 e. The van der Waals surface area contributed by atoms with Gasteiger partial charge in [0, 0.05) is 22.3 Å². The van der Waals surface area contributed by atoms with E-state index in [0.29, 0.717) is 34.0 Å². The number of nitriles is 1. The van der Waals surface area contributed by atoms with Gasteiger partial charge in [-0.3, -0.25) is 9.59 Å². The SMILES string of the molecule is COc1cc(-c2cc(C)[nH]c(=O)c2C#N)ccc1OCC(=O)Nc1cccc2ccccc12. The predicted molar refractivity (Wildman–Crippen MR) is 127 cm³/mol. The highest BCUT2D eigenvalue weighted by Crippen LogP contribution is 2.33. The second kappa shape index (κ2) is 9.28. The number of amides is 1. The molecule has 7 heteroatoms. The van der Waals surface area contributed by atoms with Crippen LogP contribution in [-0.4, -0.2) is 24.6 Å². The standard InChI is InChI=1S/C26H21N3O4/c1-16-12-20(21(14-27)26(31)28-16)18-10-11-23(24(13-18)32-2)33-15-25(30)29-22-9-5-7-17-6-3-4-8-19(17)22/h3-13H,15H2,1-2H3,(H,28,31)(H,29,30). The molecule has 164 valence electrons. The van der Waals surface area contributed by atoms with Crippen molar-refractivity contribution < 1.29 is 14.3 Å². The number of pyridine rings is 1. The molecule has 4 aromatic rings. The molecular formula is C26H21N3O4. The number of aromatic nitrogens is 1. The summed E-state index contributed by atoms with van der Waals surface area (Å²) in [6.07, 6.45) is 0. The molecule has 0 unspecified atom stereocenters. The molecule has 1 heterocycles. The van der Waals surface area contributed by atoms with E-state index in [2.05, 4.69) is 10.3 Å². The van der Waals surface area contributed by atoms with Gasteiger partial charge in [-0.1, -0.05) is 42.5 Å². The molecule has 0 saturated carbocycles. The molecule has 7 nitrogen and oxygen atoms in total. The first-order chi connectivity index (χ1) is 16.0. The Morgan fingerprint density at radius 3 is 2.64 bits per heavy atom. The summed E-state index contributed by atoms with van der Waals surface area (Å²) in [7, 11) is 1.48. The molecule has 0 aliphatic heterocycles. The van der Waals surface area contributed by atoms with Crippen molar-refractivity contribution in [2.45, 2.75) is 6.92 Å². The number of fused-ring (bicyclic) bond motifs is 1. The Balaban J connectivity index is 1.53. The smallest absolute Gasteiger partial charge is 0.266 e. The summed E-state index contributed by atoms with van der Waals surface area (Å²) in [5.74, 6) is 0.441. The molecule has 1 aromatic heterocycles. The Hall–Kier alpha value is -4.57. The van der Waals surface area contributed by atoms with Gasteiger partial charge in [-0.15, -0.1) is 0 Å². The minimum atomic E-state index is -0.447. The molecule has 2 N–H and O–H groups in total. The molecule has 4 rings (SSSR count). The van der Waals surface area contributed by atoms with Crippen LogP contribution in [0, 0.1) is 18.3 Å². The van der Waals surface area contributed by atoms with Gasteiger partial charge in [-0.25, -0.2) is 0 Å². The van der Waals surface area contributed by atoms with E-state index in [-0.39, 0.29) is 18.1 Å². The summed E-state index contributed by atoms with van der Waals surface area (Å²) < 4.78 is 11.1. The Labute approximate surface area is 190 Å². The maximum absolute atomic E-state index is 12.5. The maximum atomic E-state index is 12.5. The third-order valence-electron chi connectivity index (χ3n) is 5.18. The summed E-state index contributed by atoms with van der Waals surface area (Å²) in [4.78, 5) is 27.3. The first-order valence-corrected chi connectivity index (χ1v) is 10.2. The van der Waals surface area contributed by atoms with Crippen LogP contribution in [0.1, 0.15) is 11.3 Å². The van der Waals surface area contributed by atoms with Gasteiger partial charge in [0.05, 0.1) is 7.11 Å². The second-order valence-electron chi connectivity index (χ2n) is 7.41. The summed E-state index contributed by atoms with van der Waals surface area (Å²) in [5, 5.41) is 14.2.